The summed E-state index contributed by atoms with van der Waals surface area (Å²) in [5, 5.41) is 18.3. The van der Waals surface area contributed by atoms with E-state index < -0.39 is 53.7 Å². The van der Waals surface area contributed by atoms with Gasteiger partial charge in [-0.25, -0.2) is 4.98 Å². The summed E-state index contributed by atoms with van der Waals surface area (Å²) in [5.41, 5.74) is 14.4. The second-order valence-corrected chi connectivity index (χ2v) is 13.1. The van der Waals surface area contributed by atoms with Crippen molar-refractivity contribution >= 4 is 58.1 Å². The number of hydrogen-bond donors (Lipinski definition) is 8. The van der Waals surface area contributed by atoms with Gasteiger partial charge >= 0.3 is 0 Å². The summed E-state index contributed by atoms with van der Waals surface area (Å²) in [6, 6.07) is 10.8. The molecule has 1 unspecified atom stereocenters. The lowest BCUT2D eigenvalue weighted by atomic mass is 9.92. The minimum atomic E-state index is -1.14. The minimum Gasteiger partial charge on any atom is -0.370 e. The predicted octanol–water partition coefficient (Wildman–Crippen LogP) is -0.0241. The lowest BCUT2D eigenvalue weighted by Crippen LogP contribution is -2.60. The van der Waals surface area contributed by atoms with Gasteiger partial charge in [0, 0.05) is 54.7 Å². The molecule has 16 heteroatoms. The van der Waals surface area contributed by atoms with Gasteiger partial charge in [0.25, 0.3) is 0 Å². The Bertz CT molecular complexity index is 1650. The summed E-state index contributed by atoms with van der Waals surface area (Å²) < 4.78 is 0.987. The van der Waals surface area contributed by atoms with Crippen LogP contribution in [0.3, 0.4) is 0 Å². The van der Waals surface area contributed by atoms with Crippen LogP contribution in [0, 0.1) is 8.98 Å². The Balaban J connectivity index is 1.61. The summed E-state index contributed by atoms with van der Waals surface area (Å²) in [6.07, 6.45) is 3.84. The van der Waals surface area contributed by atoms with Crippen LogP contribution in [-0.4, -0.2) is 81.1 Å². The number of carbonyl (C=O) groups excluding carboxylic acids is 5. The Morgan fingerprint density at radius 3 is 2.27 bits per heavy atom. The van der Waals surface area contributed by atoms with Crippen molar-refractivity contribution in [2.45, 2.75) is 69.7 Å². The molecule has 1 aliphatic heterocycles. The molecule has 1 aromatic heterocycles. The van der Waals surface area contributed by atoms with Gasteiger partial charge in [-0.05, 0) is 64.3 Å². The Labute approximate surface area is 297 Å². The van der Waals surface area contributed by atoms with Crippen molar-refractivity contribution in [1.29, 1.82) is 5.41 Å². The molecule has 5 amide bonds. The van der Waals surface area contributed by atoms with E-state index in [9.17, 15) is 24.0 Å². The van der Waals surface area contributed by atoms with E-state index in [1.54, 1.807) is 0 Å². The van der Waals surface area contributed by atoms with Crippen LogP contribution >= 0.6 is 22.6 Å². The number of primary amides is 1. The highest BCUT2D eigenvalue weighted by atomic mass is 127. The number of carbonyl (C=O) groups is 5. The Hall–Kier alpha value is -5.00. The highest BCUT2D eigenvalue weighted by molar-refractivity contribution is 14.1. The highest BCUT2D eigenvalue weighted by Gasteiger charge is 2.38. The van der Waals surface area contributed by atoms with Crippen LogP contribution in [0.5, 0.6) is 0 Å². The zero-order valence-corrected chi connectivity index (χ0v) is 29.2. The SMILES string of the molecule is CC(=O)N[C@@H](Cc1cnc[nH]1)C(=O)N[C@@H](CCCNC(=N)N)C(=O)NC(Cc1ccc(I)cc1)C(=O)N1Cc2ccccc2C[C@H]1C(N)=O. The van der Waals surface area contributed by atoms with Gasteiger partial charge in [-0.1, -0.05) is 36.4 Å². The number of rotatable bonds is 15. The molecule has 0 radical (unpaired) electrons. The van der Waals surface area contributed by atoms with Crippen molar-refractivity contribution in [1.82, 2.24) is 36.1 Å². The van der Waals surface area contributed by atoms with Crippen LogP contribution in [0.2, 0.25) is 0 Å². The quantitative estimate of drug-likeness (QED) is 0.0450. The number of guanidine groups is 1. The number of nitrogens with zero attached hydrogens (tertiary/aromatic N) is 2. The predicted molar refractivity (Wildman–Crippen MR) is 189 cm³/mol. The van der Waals surface area contributed by atoms with Gasteiger partial charge in [0.05, 0.1) is 6.33 Å². The zero-order valence-electron chi connectivity index (χ0n) is 27.0. The smallest absolute Gasteiger partial charge is 0.246 e. The number of nitrogens with one attached hydrogen (secondary N) is 6. The molecule has 15 nitrogen and oxygen atoms in total. The molecule has 0 spiro atoms. The molecule has 4 atom stereocenters. The van der Waals surface area contributed by atoms with Crippen molar-refractivity contribution < 1.29 is 24.0 Å². The molecule has 2 aromatic carbocycles. The lowest BCUT2D eigenvalue weighted by Gasteiger charge is -2.37. The van der Waals surface area contributed by atoms with Crippen molar-refractivity contribution in [3.8, 4) is 0 Å². The fourth-order valence-electron chi connectivity index (χ4n) is 5.68. The maximum absolute atomic E-state index is 14.3. The fraction of sp³-hybridized carbons (Fsp3) is 0.364. The molecule has 3 aromatic rings. The molecule has 1 aliphatic rings. The van der Waals surface area contributed by atoms with E-state index in [2.05, 4.69) is 53.8 Å². The standard InChI is InChI=1S/C33H41IN10O5/c1-19(45)41-26(15-24-16-38-18-40-24)31(48)42-25(7-4-12-39-33(36)37)30(47)43-27(13-20-8-10-23(34)11-9-20)32(49)44-17-22-6-3-2-5-21(22)14-28(44)29(35)46/h2-3,5-6,8-11,16,18,25-28H,4,7,12-15,17H2,1H3,(H2,35,46)(H,38,40)(H,41,45)(H,42,48)(H,43,47)(H4,36,37,39)/t25-,26-,27?,28-/m0/s1. The number of imidazole rings is 1. The second-order valence-electron chi connectivity index (χ2n) is 11.8. The van der Waals surface area contributed by atoms with E-state index in [4.69, 9.17) is 16.9 Å². The lowest BCUT2D eigenvalue weighted by molar-refractivity contribution is -0.144. The Morgan fingerprint density at radius 1 is 0.959 bits per heavy atom. The average Bonchev–Trinajstić information content (AvgIpc) is 3.58. The summed E-state index contributed by atoms with van der Waals surface area (Å²) >= 11 is 2.17. The molecule has 260 valence electrons. The average molecular weight is 785 g/mol. The van der Waals surface area contributed by atoms with E-state index in [1.165, 1.54) is 24.3 Å². The first kappa shape index (κ1) is 36.8. The molecule has 0 saturated heterocycles. The third kappa shape index (κ3) is 10.8. The maximum Gasteiger partial charge on any atom is 0.246 e. The second kappa shape index (κ2) is 17.4. The van der Waals surface area contributed by atoms with Crippen LogP contribution < -0.4 is 32.7 Å². The van der Waals surface area contributed by atoms with Crippen LogP contribution in [-0.2, 0) is 49.8 Å². The molecule has 0 aliphatic carbocycles. The van der Waals surface area contributed by atoms with Crippen LogP contribution in [0.25, 0.3) is 0 Å². The number of halogens is 1. The Kier molecular flexibility index (Phi) is 13.1. The van der Waals surface area contributed by atoms with E-state index in [-0.39, 0.29) is 44.7 Å². The molecule has 2 heterocycles. The van der Waals surface area contributed by atoms with E-state index in [0.717, 1.165) is 20.3 Å². The normalized spacial score (nSPS) is 15.6. The number of fused-ring (bicyclic) bond motifs is 1. The molecule has 0 fully saturated rings. The summed E-state index contributed by atoms with van der Waals surface area (Å²) in [4.78, 5) is 74.8. The topological polar surface area (TPSA) is 241 Å². The highest BCUT2D eigenvalue weighted by Crippen LogP contribution is 2.25. The van der Waals surface area contributed by atoms with Gasteiger partial charge in [-0.2, -0.15) is 0 Å². The summed E-state index contributed by atoms with van der Waals surface area (Å²) in [5.74, 6) is -3.11. The first-order valence-corrected chi connectivity index (χ1v) is 16.8. The molecule has 4 rings (SSSR count). The Morgan fingerprint density at radius 2 is 1.63 bits per heavy atom. The number of amides is 5. The van der Waals surface area contributed by atoms with Crippen molar-refractivity contribution in [2.75, 3.05) is 6.54 Å². The first-order valence-electron chi connectivity index (χ1n) is 15.7. The van der Waals surface area contributed by atoms with Crippen molar-refractivity contribution in [3.05, 3.63) is 87.0 Å². The monoisotopic (exact) mass is 784 g/mol. The van der Waals surface area contributed by atoms with Gasteiger partial charge in [0.15, 0.2) is 5.96 Å². The van der Waals surface area contributed by atoms with E-state index in [1.807, 2.05) is 48.5 Å². The molecule has 0 saturated carbocycles. The summed E-state index contributed by atoms with van der Waals surface area (Å²) in [7, 11) is 0. The summed E-state index contributed by atoms with van der Waals surface area (Å²) in [6.45, 7) is 1.66. The van der Waals surface area contributed by atoms with Crippen LogP contribution in [0.4, 0.5) is 0 Å². The van der Waals surface area contributed by atoms with Crippen LogP contribution in [0.1, 0.15) is 42.1 Å². The van der Waals surface area contributed by atoms with Gasteiger partial charge in [0.2, 0.25) is 29.5 Å². The third-order valence-corrected chi connectivity index (χ3v) is 8.84. The molecule has 10 N–H and O–H groups in total. The van der Waals surface area contributed by atoms with E-state index in [0.29, 0.717) is 12.1 Å². The first-order chi connectivity index (χ1) is 23.4. The van der Waals surface area contributed by atoms with Gasteiger partial charge < -0.3 is 42.6 Å². The largest absolute Gasteiger partial charge is 0.370 e. The van der Waals surface area contributed by atoms with Gasteiger partial charge in [0.1, 0.15) is 24.2 Å². The number of hydrogen-bond acceptors (Lipinski definition) is 7. The molecular formula is C33H41IN10O5. The number of aromatic amines is 1. The number of H-pyrrole nitrogens is 1. The number of benzene rings is 2. The zero-order chi connectivity index (χ0) is 35.5. The molecule has 49 heavy (non-hydrogen) atoms. The fourth-order valence-corrected chi connectivity index (χ4v) is 6.04. The maximum atomic E-state index is 14.3. The van der Waals surface area contributed by atoms with Crippen molar-refractivity contribution in [3.63, 3.8) is 0 Å². The number of aromatic nitrogens is 2. The molecular weight excluding hydrogens is 743 g/mol. The van der Waals surface area contributed by atoms with Crippen molar-refractivity contribution in [2.24, 2.45) is 11.5 Å². The minimum absolute atomic E-state index is 0.0878. The van der Waals surface area contributed by atoms with Gasteiger partial charge in [-0.15, -0.1) is 0 Å². The van der Waals surface area contributed by atoms with E-state index >= 15 is 0 Å². The number of nitrogens with two attached hydrogens (primary N) is 2. The van der Waals surface area contributed by atoms with Crippen LogP contribution in [0.15, 0.2) is 61.1 Å². The molecule has 0 bridgehead atoms. The third-order valence-electron chi connectivity index (χ3n) is 8.12. The van der Waals surface area contributed by atoms with Gasteiger partial charge in [-0.3, -0.25) is 29.4 Å².